The number of nitrogens with one attached hydrogen (secondary N) is 1. The van der Waals surface area contributed by atoms with Gasteiger partial charge in [0.1, 0.15) is 11.6 Å². The van der Waals surface area contributed by atoms with E-state index in [4.69, 9.17) is 9.72 Å². The Labute approximate surface area is 173 Å². The first-order valence-corrected chi connectivity index (χ1v) is 10.6. The highest BCUT2D eigenvalue weighted by molar-refractivity contribution is 5.77. The van der Waals surface area contributed by atoms with Gasteiger partial charge in [-0.3, -0.25) is 4.79 Å². The lowest BCUT2D eigenvalue weighted by molar-refractivity contribution is -0.121. The van der Waals surface area contributed by atoms with Gasteiger partial charge in [-0.15, -0.1) is 0 Å². The summed E-state index contributed by atoms with van der Waals surface area (Å²) in [7, 11) is 0. The second kappa shape index (κ2) is 10.1. The minimum Gasteiger partial charge on any atom is -0.494 e. The van der Waals surface area contributed by atoms with Crippen LogP contribution in [-0.2, 0) is 17.8 Å². The summed E-state index contributed by atoms with van der Waals surface area (Å²) in [6.45, 7) is 7.55. The number of fused-ring (bicyclic) bond motifs is 1. The molecule has 0 aliphatic heterocycles. The fourth-order valence-corrected chi connectivity index (χ4v) is 3.45. The Morgan fingerprint density at radius 1 is 1.10 bits per heavy atom. The van der Waals surface area contributed by atoms with E-state index in [0.29, 0.717) is 13.0 Å². The molecule has 0 saturated carbocycles. The number of carbonyl (C=O) groups is 1. The zero-order valence-corrected chi connectivity index (χ0v) is 17.6. The third-order valence-corrected chi connectivity index (χ3v) is 5.15. The molecule has 29 heavy (non-hydrogen) atoms. The Kier molecular flexibility index (Phi) is 7.28. The topological polar surface area (TPSA) is 56.2 Å². The third-order valence-electron chi connectivity index (χ3n) is 5.15. The number of nitrogens with zero attached hydrogens (tertiary/aromatic N) is 2. The van der Waals surface area contributed by atoms with Crippen LogP contribution >= 0.6 is 0 Å². The monoisotopic (exact) mass is 393 g/mol. The van der Waals surface area contributed by atoms with Crippen molar-refractivity contribution < 1.29 is 9.53 Å². The minimum absolute atomic E-state index is 0.0404. The van der Waals surface area contributed by atoms with Gasteiger partial charge in [-0.05, 0) is 56.0 Å². The highest BCUT2D eigenvalue weighted by Gasteiger charge is 2.17. The van der Waals surface area contributed by atoms with Crippen molar-refractivity contribution in [2.75, 3.05) is 6.61 Å². The van der Waals surface area contributed by atoms with Crippen LogP contribution in [0.2, 0.25) is 0 Å². The number of imidazole rings is 1. The lowest BCUT2D eigenvalue weighted by atomic mass is 10.2. The standard InChI is InChI=1S/C24H31N3O2/c1-4-19-12-14-20(15-13-19)29-17-9-8-16-27-22-11-7-6-10-21(22)26-24(27)18(3)25-23(28)5-2/h6-7,10-15,18H,4-5,8-9,16-17H2,1-3H3,(H,25,28). The van der Waals surface area contributed by atoms with Crippen molar-refractivity contribution in [2.24, 2.45) is 0 Å². The molecule has 2 aromatic carbocycles. The molecule has 0 spiro atoms. The molecule has 1 amide bonds. The average molecular weight is 394 g/mol. The van der Waals surface area contributed by atoms with Gasteiger partial charge in [-0.2, -0.15) is 0 Å². The molecule has 0 saturated heterocycles. The minimum atomic E-state index is -0.122. The summed E-state index contributed by atoms with van der Waals surface area (Å²) in [6, 6.07) is 16.3. The first-order valence-electron chi connectivity index (χ1n) is 10.6. The summed E-state index contributed by atoms with van der Waals surface area (Å²) >= 11 is 0. The fourth-order valence-electron chi connectivity index (χ4n) is 3.45. The van der Waals surface area contributed by atoms with Crippen molar-refractivity contribution in [3.8, 4) is 5.75 Å². The molecule has 1 unspecified atom stereocenters. The molecular formula is C24H31N3O2. The van der Waals surface area contributed by atoms with Gasteiger partial charge in [0.2, 0.25) is 5.91 Å². The van der Waals surface area contributed by atoms with E-state index in [9.17, 15) is 4.79 Å². The molecule has 1 atom stereocenters. The molecule has 5 nitrogen and oxygen atoms in total. The van der Waals surface area contributed by atoms with E-state index in [1.165, 1.54) is 5.56 Å². The van der Waals surface area contributed by atoms with Crippen molar-refractivity contribution in [3.05, 3.63) is 59.9 Å². The van der Waals surface area contributed by atoms with Crippen molar-refractivity contribution in [3.63, 3.8) is 0 Å². The van der Waals surface area contributed by atoms with Crippen molar-refractivity contribution >= 4 is 16.9 Å². The molecule has 3 aromatic rings. The van der Waals surface area contributed by atoms with E-state index in [1.807, 2.05) is 44.2 Å². The number of aryl methyl sites for hydroxylation is 2. The summed E-state index contributed by atoms with van der Waals surface area (Å²) in [4.78, 5) is 16.6. The highest BCUT2D eigenvalue weighted by atomic mass is 16.5. The summed E-state index contributed by atoms with van der Waals surface area (Å²) in [5.41, 5.74) is 3.39. The van der Waals surface area contributed by atoms with Crippen molar-refractivity contribution in [2.45, 2.75) is 59.0 Å². The van der Waals surface area contributed by atoms with Crippen LogP contribution in [0.5, 0.6) is 5.75 Å². The molecule has 0 aliphatic rings. The molecule has 1 heterocycles. The molecular weight excluding hydrogens is 362 g/mol. The van der Waals surface area contributed by atoms with E-state index in [2.05, 4.69) is 35.0 Å². The molecule has 0 aliphatic carbocycles. The van der Waals surface area contributed by atoms with Crippen LogP contribution in [0.25, 0.3) is 11.0 Å². The van der Waals surface area contributed by atoms with Crippen LogP contribution < -0.4 is 10.1 Å². The van der Waals surface area contributed by atoms with Crippen LogP contribution in [0.1, 0.15) is 57.5 Å². The molecule has 3 rings (SSSR count). The number of hydrogen-bond donors (Lipinski definition) is 1. The van der Waals surface area contributed by atoms with E-state index in [-0.39, 0.29) is 11.9 Å². The van der Waals surface area contributed by atoms with Gasteiger partial charge in [0.25, 0.3) is 0 Å². The Morgan fingerprint density at radius 3 is 2.59 bits per heavy atom. The molecule has 1 N–H and O–H groups in total. The van der Waals surface area contributed by atoms with Gasteiger partial charge in [0.05, 0.1) is 23.7 Å². The van der Waals surface area contributed by atoms with E-state index >= 15 is 0 Å². The number of aromatic nitrogens is 2. The smallest absolute Gasteiger partial charge is 0.220 e. The van der Waals surface area contributed by atoms with Gasteiger partial charge >= 0.3 is 0 Å². The maximum absolute atomic E-state index is 11.8. The molecule has 1 aromatic heterocycles. The molecule has 0 bridgehead atoms. The number of ether oxygens (including phenoxy) is 1. The Morgan fingerprint density at radius 2 is 1.86 bits per heavy atom. The molecule has 154 valence electrons. The highest BCUT2D eigenvalue weighted by Crippen LogP contribution is 2.22. The summed E-state index contributed by atoms with van der Waals surface area (Å²) in [6.07, 6.45) is 3.45. The van der Waals surface area contributed by atoms with Crippen LogP contribution in [0, 0.1) is 0 Å². The van der Waals surface area contributed by atoms with Crippen molar-refractivity contribution in [1.82, 2.24) is 14.9 Å². The summed E-state index contributed by atoms with van der Waals surface area (Å²) in [5.74, 6) is 1.87. The summed E-state index contributed by atoms with van der Waals surface area (Å²) in [5, 5.41) is 3.03. The largest absolute Gasteiger partial charge is 0.494 e. The Hall–Kier alpha value is -2.82. The first-order chi connectivity index (χ1) is 14.1. The number of para-hydroxylation sites is 2. The molecule has 0 radical (unpaired) electrons. The zero-order chi connectivity index (χ0) is 20.6. The van der Waals surface area contributed by atoms with E-state index in [0.717, 1.165) is 48.4 Å². The predicted molar refractivity (Wildman–Crippen MR) is 117 cm³/mol. The lowest BCUT2D eigenvalue weighted by Gasteiger charge is -2.16. The normalized spacial score (nSPS) is 12.1. The predicted octanol–water partition coefficient (Wildman–Crippen LogP) is 5.05. The molecule has 5 heteroatoms. The van der Waals surface area contributed by atoms with Crippen LogP contribution in [-0.4, -0.2) is 22.1 Å². The third kappa shape index (κ3) is 5.37. The number of unbranched alkanes of at least 4 members (excludes halogenated alkanes) is 1. The zero-order valence-electron chi connectivity index (χ0n) is 17.6. The molecule has 0 fully saturated rings. The fraction of sp³-hybridized carbons (Fsp3) is 0.417. The second-order valence-electron chi connectivity index (χ2n) is 7.31. The quantitative estimate of drug-likeness (QED) is 0.491. The van der Waals surface area contributed by atoms with Crippen LogP contribution in [0.3, 0.4) is 0 Å². The van der Waals surface area contributed by atoms with E-state index in [1.54, 1.807) is 0 Å². The number of rotatable bonds is 10. The number of carbonyl (C=O) groups excluding carboxylic acids is 1. The van der Waals surface area contributed by atoms with Gasteiger partial charge in [-0.25, -0.2) is 4.98 Å². The van der Waals surface area contributed by atoms with Gasteiger partial charge in [0, 0.05) is 13.0 Å². The van der Waals surface area contributed by atoms with Crippen molar-refractivity contribution in [1.29, 1.82) is 0 Å². The first kappa shape index (κ1) is 20.9. The number of hydrogen-bond acceptors (Lipinski definition) is 3. The SMILES string of the molecule is CCC(=O)NC(C)c1nc2ccccc2n1CCCCOc1ccc(CC)cc1. The van der Waals surface area contributed by atoms with Gasteiger partial charge in [0.15, 0.2) is 0 Å². The summed E-state index contributed by atoms with van der Waals surface area (Å²) < 4.78 is 8.10. The second-order valence-corrected chi connectivity index (χ2v) is 7.31. The Balaban J connectivity index is 1.60. The maximum atomic E-state index is 11.8. The maximum Gasteiger partial charge on any atom is 0.220 e. The lowest BCUT2D eigenvalue weighted by Crippen LogP contribution is -2.28. The van der Waals surface area contributed by atoms with Gasteiger partial charge < -0.3 is 14.6 Å². The van der Waals surface area contributed by atoms with Crippen LogP contribution in [0.15, 0.2) is 48.5 Å². The van der Waals surface area contributed by atoms with Crippen LogP contribution in [0.4, 0.5) is 0 Å². The van der Waals surface area contributed by atoms with E-state index < -0.39 is 0 Å². The van der Waals surface area contributed by atoms with Gasteiger partial charge in [-0.1, -0.05) is 38.1 Å². The number of amides is 1. The average Bonchev–Trinajstić information content (AvgIpc) is 3.12. The number of benzene rings is 2. The Bertz CT molecular complexity index is 931.